The molecule has 0 amide bonds. The number of halogens is 1. The van der Waals surface area contributed by atoms with Gasteiger partial charge in [-0.2, -0.15) is 0 Å². The van der Waals surface area contributed by atoms with Gasteiger partial charge in [0.05, 0.1) is 29.8 Å². The standard InChI is InChI=1S/C17H14FN7/c1-11(14-3-2-13(18)8-21-14)23-16-4-5-17-22-9-15(25(17)24-16)12-6-19-10-20-7-12/h2-11H,1H3,(H,23,24)/t11-/m0/s1. The highest BCUT2D eigenvalue weighted by Crippen LogP contribution is 2.21. The highest BCUT2D eigenvalue weighted by atomic mass is 19.1. The molecule has 0 aliphatic heterocycles. The molecule has 0 aliphatic carbocycles. The maximum absolute atomic E-state index is 13.0. The summed E-state index contributed by atoms with van der Waals surface area (Å²) in [6.07, 6.45) is 7.83. The van der Waals surface area contributed by atoms with Crippen molar-refractivity contribution in [1.82, 2.24) is 29.5 Å². The average Bonchev–Trinajstić information content (AvgIpc) is 3.06. The summed E-state index contributed by atoms with van der Waals surface area (Å²) in [5, 5.41) is 7.84. The number of nitrogens with zero attached hydrogens (tertiary/aromatic N) is 6. The van der Waals surface area contributed by atoms with Gasteiger partial charge in [-0.25, -0.2) is 23.9 Å². The minimum Gasteiger partial charge on any atom is -0.361 e. The molecule has 0 bridgehead atoms. The van der Waals surface area contributed by atoms with E-state index in [1.54, 1.807) is 29.2 Å². The van der Waals surface area contributed by atoms with Gasteiger partial charge in [0.2, 0.25) is 0 Å². The molecule has 124 valence electrons. The predicted octanol–water partition coefficient (Wildman–Crippen LogP) is 2.89. The van der Waals surface area contributed by atoms with Crippen molar-refractivity contribution >= 4 is 11.5 Å². The smallest absolute Gasteiger partial charge is 0.154 e. The molecular formula is C17H14FN7. The van der Waals surface area contributed by atoms with Crippen LogP contribution in [0.25, 0.3) is 16.9 Å². The van der Waals surface area contributed by atoms with Gasteiger partial charge in [-0.3, -0.25) is 4.98 Å². The lowest BCUT2D eigenvalue weighted by molar-refractivity contribution is 0.617. The minimum absolute atomic E-state index is 0.127. The van der Waals surface area contributed by atoms with Crippen molar-refractivity contribution in [3.05, 3.63) is 66.9 Å². The van der Waals surface area contributed by atoms with Gasteiger partial charge in [-0.1, -0.05) is 0 Å². The van der Waals surface area contributed by atoms with Crippen LogP contribution in [-0.4, -0.2) is 29.5 Å². The Morgan fingerprint density at radius 2 is 1.84 bits per heavy atom. The molecule has 25 heavy (non-hydrogen) atoms. The van der Waals surface area contributed by atoms with Crippen LogP contribution in [0.15, 0.2) is 55.4 Å². The van der Waals surface area contributed by atoms with Gasteiger partial charge in [0, 0.05) is 18.0 Å². The topological polar surface area (TPSA) is 80.9 Å². The monoisotopic (exact) mass is 335 g/mol. The summed E-state index contributed by atoms with van der Waals surface area (Å²) in [6.45, 7) is 1.94. The Bertz CT molecular complexity index is 999. The summed E-state index contributed by atoms with van der Waals surface area (Å²) in [4.78, 5) is 16.5. The van der Waals surface area contributed by atoms with Crippen LogP contribution in [0, 0.1) is 5.82 Å². The third-order valence-electron chi connectivity index (χ3n) is 3.78. The quantitative estimate of drug-likeness (QED) is 0.618. The van der Waals surface area contributed by atoms with Crippen LogP contribution < -0.4 is 5.32 Å². The molecule has 1 atom stereocenters. The first-order valence-corrected chi connectivity index (χ1v) is 7.69. The van der Waals surface area contributed by atoms with E-state index in [1.807, 2.05) is 19.1 Å². The minimum atomic E-state index is -0.358. The second-order valence-electron chi connectivity index (χ2n) is 5.53. The number of nitrogens with one attached hydrogen (secondary N) is 1. The third-order valence-corrected chi connectivity index (χ3v) is 3.78. The van der Waals surface area contributed by atoms with Crippen molar-refractivity contribution in [2.45, 2.75) is 13.0 Å². The lowest BCUT2D eigenvalue weighted by Gasteiger charge is -2.14. The van der Waals surface area contributed by atoms with E-state index in [-0.39, 0.29) is 11.9 Å². The van der Waals surface area contributed by atoms with Gasteiger partial charge in [-0.05, 0) is 31.2 Å². The van der Waals surface area contributed by atoms with Gasteiger partial charge in [0.15, 0.2) is 5.65 Å². The Labute approximate surface area is 142 Å². The molecule has 0 aromatic carbocycles. The van der Waals surface area contributed by atoms with E-state index in [0.29, 0.717) is 5.82 Å². The Balaban J connectivity index is 1.65. The SMILES string of the molecule is C[C@H](Nc1ccc2ncc(-c3cncnc3)n2n1)c1ccc(F)cn1. The molecule has 0 spiro atoms. The van der Waals surface area contributed by atoms with E-state index in [4.69, 9.17) is 0 Å². The fourth-order valence-electron chi connectivity index (χ4n) is 2.52. The van der Waals surface area contributed by atoms with Gasteiger partial charge in [0.25, 0.3) is 0 Å². The van der Waals surface area contributed by atoms with Crippen LogP contribution in [0.3, 0.4) is 0 Å². The first-order chi connectivity index (χ1) is 12.2. The van der Waals surface area contributed by atoms with Crippen molar-refractivity contribution in [2.24, 2.45) is 0 Å². The number of fused-ring (bicyclic) bond motifs is 1. The lowest BCUT2D eigenvalue weighted by atomic mass is 10.2. The lowest BCUT2D eigenvalue weighted by Crippen LogP contribution is -2.11. The zero-order valence-corrected chi connectivity index (χ0v) is 13.3. The van der Waals surface area contributed by atoms with Crippen molar-refractivity contribution in [3.63, 3.8) is 0 Å². The van der Waals surface area contributed by atoms with E-state index in [2.05, 4.69) is 30.4 Å². The van der Waals surface area contributed by atoms with Crippen LogP contribution >= 0.6 is 0 Å². The molecular weight excluding hydrogens is 321 g/mol. The van der Waals surface area contributed by atoms with Crippen LogP contribution in [-0.2, 0) is 0 Å². The number of imidazole rings is 1. The fraction of sp³-hybridized carbons (Fsp3) is 0.118. The van der Waals surface area contributed by atoms with Crippen LogP contribution in [0.2, 0.25) is 0 Å². The van der Waals surface area contributed by atoms with E-state index < -0.39 is 0 Å². The van der Waals surface area contributed by atoms with Crippen LogP contribution in [0.4, 0.5) is 10.2 Å². The number of pyridine rings is 1. The summed E-state index contributed by atoms with van der Waals surface area (Å²) >= 11 is 0. The van der Waals surface area contributed by atoms with Crippen LogP contribution in [0.1, 0.15) is 18.7 Å². The number of aromatic nitrogens is 6. The molecule has 0 unspecified atom stereocenters. The molecule has 4 rings (SSSR count). The first kappa shape index (κ1) is 15.1. The maximum atomic E-state index is 13.0. The Hall–Kier alpha value is -3.42. The summed E-state index contributed by atoms with van der Waals surface area (Å²) in [7, 11) is 0. The summed E-state index contributed by atoms with van der Waals surface area (Å²) in [6, 6.07) is 6.62. The molecule has 0 aliphatic rings. The molecule has 1 N–H and O–H groups in total. The molecule has 7 nitrogen and oxygen atoms in total. The molecule has 0 radical (unpaired) electrons. The van der Waals surface area contributed by atoms with E-state index in [0.717, 1.165) is 22.6 Å². The van der Waals surface area contributed by atoms with Gasteiger partial charge in [-0.15, -0.1) is 5.10 Å². The highest BCUT2D eigenvalue weighted by Gasteiger charge is 2.11. The number of anilines is 1. The molecule has 0 fully saturated rings. The summed E-state index contributed by atoms with van der Waals surface area (Å²) in [5.74, 6) is 0.297. The third kappa shape index (κ3) is 3.01. The average molecular weight is 335 g/mol. The summed E-state index contributed by atoms with van der Waals surface area (Å²) in [5.41, 5.74) is 3.07. The summed E-state index contributed by atoms with van der Waals surface area (Å²) < 4.78 is 14.7. The van der Waals surface area contributed by atoms with E-state index >= 15 is 0 Å². The Morgan fingerprint density at radius 1 is 1.00 bits per heavy atom. The maximum Gasteiger partial charge on any atom is 0.154 e. The Kier molecular flexibility index (Phi) is 3.77. The number of hydrogen-bond donors (Lipinski definition) is 1. The molecule has 4 aromatic rings. The molecule has 4 heterocycles. The fourth-order valence-corrected chi connectivity index (χ4v) is 2.52. The molecule has 8 heteroatoms. The van der Waals surface area contributed by atoms with Crippen molar-refractivity contribution in [3.8, 4) is 11.3 Å². The Morgan fingerprint density at radius 3 is 2.60 bits per heavy atom. The van der Waals surface area contributed by atoms with E-state index in [1.165, 1.54) is 18.6 Å². The number of hydrogen-bond acceptors (Lipinski definition) is 6. The van der Waals surface area contributed by atoms with Gasteiger partial charge < -0.3 is 5.32 Å². The zero-order valence-electron chi connectivity index (χ0n) is 13.3. The normalized spacial score (nSPS) is 12.2. The van der Waals surface area contributed by atoms with E-state index in [9.17, 15) is 4.39 Å². The molecule has 4 aromatic heterocycles. The van der Waals surface area contributed by atoms with Crippen molar-refractivity contribution in [2.75, 3.05) is 5.32 Å². The largest absolute Gasteiger partial charge is 0.361 e. The second-order valence-corrected chi connectivity index (χ2v) is 5.53. The molecule has 0 saturated heterocycles. The first-order valence-electron chi connectivity index (χ1n) is 7.69. The second kappa shape index (κ2) is 6.23. The molecule has 0 saturated carbocycles. The van der Waals surface area contributed by atoms with Crippen molar-refractivity contribution < 1.29 is 4.39 Å². The van der Waals surface area contributed by atoms with Crippen LogP contribution in [0.5, 0.6) is 0 Å². The highest BCUT2D eigenvalue weighted by molar-refractivity contribution is 5.61. The predicted molar refractivity (Wildman–Crippen MR) is 90.2 cm³/mol. The zero-order chi connectivity index (χ0) is 17.2. The number of rotatable bonds is 4. The van der Waals surface area contributed by atoms with Gasteiger partial charge >= 0.3 is 0 Å². The van der Waals surface area contributed by atoms with Gasteiger partial charge in [0.1, 0.15) is 18.0 Å². The van der Waals surface area contributed by atoms with Crippen molar-refractivity contribution in [1.29, 1.82) is 0 Å².